The van der Waals surface area contributed by atoms with Gasteiger partial charge in [0, 0.05) is 19.6 Å². The van der Waals surface area contributed by atoms with Crippen molar-refractivity contribution in [3.63, 3.8) is 0 Å². The van der Waals surface area contributed by atoms with Gasteiger partial charge in [0.05, 0.1) is 6.61 Å². The molecule has 10 heavy (non-hydrogen) atoms. The summed E-state index contributed by atoms with van der Waals surface area (Å²) in [4.78, 5) is 0. The molecule has 0 spiro atoms. The summed E-state index contributed by atoms with van der Waals surface area (Å²) in [6, 6.07) is 0.182. The first-order valence-electron chi connectivity index (χ1n) is 3.23. The molecule has 58 valence electrons. The fraction of sp³-hybridized carbons (Fsp3) is 0.714. The lowest BCUT2D eigenvalue weighted by molar-refractivity contribution is 0.163. The molecular formula is C7H14N2O. The van der Waals surface area contributed by atoms with E-state index in [1.165, 1.54) is 0 Å². The van der Waals surface area contributed by atoms with Crippen LogP contribution >= 0.6 is 0 Å². The molecule has 0 aliphatic carbocycles. The Kier molecular flexibility index (Phi) is 6.19. The molecule has 0 aromatic rings. The second kappa shape index (κ2) is 6.56. The first kappa shape index (κ1) is 9.44. The van der Waals surface area contributed by atoms with E-state index in [1.807, 2.05) is 0 Å². The highest BCUT2D eigenvalue weighted by molar-refractivity contribution is 4.85. The van der Waals surface area contributed by atoms with E-state index in [0.29, 0.717) is 6.61 Å². The SMILES string of the molecule is C#CCCC(COC)NN. The van der Waals surface area contributed by atoms with Crippen molar-refractivity contribution in [1.82, 2.24) is 5.43 Å². The Morgan fingerprint density at radius 3 is 2.90 bits per heavy atom. The van der Waals surface area contributed by atoms with Crippen LogP contribution < -0.4 is 11.3 Å². The van der Waals surface area contributed by atoms with E-state index in [2.05, 4.69) is 11.3 Å². The van der Waals surface area contributed by atoms with E-state index in [9.17, 15) is 0 Å². The Balaban J connectivity index is 3.32. The molecule has 0 bridgehead atoms. The second-order valence-electron chi connectivity index (χ2n) is 2.06. The van der Waals surface area contributed by atoms with Crippen LogP contribution in [0.3, 0.4) is 0 Å². The number of hydrogen-bond donors (Lipinski definition) is 2. The number of nitrogens with two attached hydrogens (primary N) is 1. The van der Waals surface area contributed by atoms with Gasteiger partial charge >= 0.3 is 0 Å². The lowest BCUT2D eigenvalue weighted by Crippen LogP contribution is -2.38. The third kappa shape index (κ3) is 4.33. The predicted molar refractivity (Wildman–Crippen MR) is 41.1 cm³/mol. The minimum atomic E-state index is 0.182. The number of hydrazine groups is 1. The van der Waals surface area contributed by atoms with Gasteiger partial charge in [0.15, 0.2) is 0 Å². The summed E-state index contributed by atoms with van der Waals surface area (Å²) in [6.45, 7) is 0.609. The zero-order chi connectivity index (χ0) is 7.82. The minimum absolute atomic E-state index is 0.182. The Labute approximate surface area is 61.9 Å². The lowest BCUT2D eigenvalue weighted by Gasteiger charge is -2.12. The van der Waals surface area contributed by atoms with Crippen molar-refractivity contribution in [1.29, 1.82) is 0 Å². The summed E-state index contributed by atoms with van der Waals surface area (Å²) in [7, 11) is 1.64. The maximum absolute atomic E-state index is 5.20. The molecule has 1 unspecified atom stereocenters. The van der Waals surface area contributed by atoms with Crippen molar-refractivity contribution < 1.29 is 4.74 Å². The van der Waals surface area contributed by atoms with Crippen LogP contribution in [0.5, 0.6) is 0 Å². The highest BCUT2D eigenvalue weighted by Crippen LogP contribution is 1.94. The molecule has 3 N–H and O–H groups in total. The average molecular weight is 142 g/mol. The van der Waals surface area contributed by atoms with Gasteiger partial charge in [-0.1, -0.05) is 0 Å². The molecule has 3 heteroatoms. The maximum atomic E-state index is 5.20. The molecule has 0 fully saturated rings. The van der Waals surface area contributed by atoms with E-state index >= 15 is 0 Å². The summed E-state index contributed by atoms with van der Waals surface area (Å²) in [5.41, 5.74) is 2.62. The molecule has 0 aliphatic heterocycles. The van der Waals surface area contributed by atoms with E-state index in [1.54, 1.807) is 7.11 Å². The molecule has 0 aliphatic rings. The van der Waals surface area contributed by atoms with Crippen molar-refractivity contribution in [2.75, 3.05) is 13.7 Å². The van der Waals surface area contributed by atoms with E-state index in [4.69, 9.17) is 17.0 Å². The summed E-state index contributed by atoms with van der Waals surface area (Å²) >= 11 is 0. The van der Waals surface area contributed by atoms with Gasteiger partial charge in [0.25, 0.3) is 0 Å². The van der Waals surface area contributed by atoms with E-state index < -0.39 is 0 Å². The first-order valence-corrected chi connectivity index (χ1v) is 3.23. The van der Waals surface area contributed by atoms with Gasteiger partial charge in [-0.3, -0.25) is 11.3 Å². The van der Waals surface area contributed by atoms with E-state index in [0.717, 1.165) is 12.8 Å². The van der Waals surface area contributed by atoms with Gasteiger partial charge in [0.2, 0.25) is 0 Å². The summed E-state index contributed by atoms with van der Waals surface area (Å²) < 4.78 is 4.88. The number of hydrogen-bond acceptors (Lipinski definition) is 3. The molecule has 3 nitrogen and oxygen atoms in total. The van der Waals surface area contributed by atoms with Crippen molar-refractivity contribution in [3.8, 4) is 12.3 Å². The molecule has 0 heterocycles. The predicted octanol–water partition coefficient (Wildman–Crippen LogP) is -0.122. The molecule has 0 aromatic carbocycles. The number of terminal acetylenes is 1. The van der Waals surface area contributed by atoms with Crippen molar-refractivity contribution in [2.45, 2.75) is 18.9 Å². The Bertz CT molecular complexity index is 109. The smallest absolute Gasteiger partial charge is 0.0629 e. The maximum Gasteiger partial charge on any atom is 0.0629 e. The zero-order valence-corrected chi connectivity index (χ0v) is 6.26. The van der Waals surface area contributed by atoms with Crippen LogP contribution in [0.4, 0.5) is 0 Å². The van der Waals surface area contributed by atoms with Crippen molar-refractivity contribution in [3.05, 3.63) is 0 Å². The summed E-state index contributed by atoms with van der Waals surface area (Å²) in [5, 5.41) is 0. The first-order chi connectivity index (χ1) is 4.85. The molecular weight excluding hydrogens is 128 g/mol. The van der Waals surface area contributed by atoms with Crippen LogP contribution in [0.2, 0.25) is 0 Å². The minimum Gasteiger partial charge on any atom is -0.383 e. The van der Waals surface area contributed by atoms with Crippen LogP contribution in [0.1, 0.15) is 12.8 Å². The molecule has 1 atom stereocenters. The number of rotatable bonds is 5. The van der Waals surface area contributed by atoms with Crippen LogP contribution in [0, 0.1) is 12.3 Å². The van der Waals surface area contributed by atoms with Gasteiger partial charge in [0.1, 0.15) is 0 Å². The zero-order valence-electron chi connectivity index (χ0n) is 6.26. The highest BCUT2D eigenvalue weighted by Gasteiger charge is 2.02. The fourth-order valence-corrected chi connectivity index (χ4v) is 0.674. The fourth-order valence-electron chi connectivity index (χ4n) is 0.674. The second-order valence-corrected chi connectivity index (χ2v) is 2.06. The number of methoxy groups -OCH3 is 1. The topological polar surface area (TPSA) is 47.3 Å². The van der Waals surface area contributed by atoms with Gasteiger partial charge in [-0.15, -0.1) is 12.3 Å². The third-order valence-corrected chi connectivity index (χ3v) is 1.24. The van der Waals surface area contributed by atoms with Crippen LogP contribution in [-0.2, 0) is 4.74 Å². The molecule has 0 saturated carbocycles. The van der Waals surface area contributed by atoms with Crippen molar-refractivity contribution >= 4 is 0 Å². The standard InChI is InChI=1S/C7H14N2O/c1-3-4-5-7(9-8)6-10-2/h1,7,9H,4-6,8H2,2H3. The third-order valence-electron chi connectivity index (χ3n) is 1.24. The van der Waals surface area contributed by atoms with Crippen molar-refractivity contribution in [2.24, 2.45) is 5.84 Å². The molecule has 0 saturated heterocycles. The van der Waals surface area contributed by atoms with Crippen LogP contribution in [0.25, 0.3) is 0 Å². The molecule has 0 amide bonds. The Morgan fingerprint density at radius 2 is 2.50 bits per heavy atom. The van der Waals surface area contributed by atoms with Gasteiger partial charge in [-0.2, -0.15) is 0 Å². The van der Waals surface area contributed by atoms with Crippen LogP contribution in [-0.4, -0.2) is 19.8 Å². The Morgan fingerprint density at radius 1 is 1.80 bits per heavy atom. The van der Waals surface area contributed by atoms with Crippen LogP contribution in [0.15, 0.2) is 0 Å². The monoisotopic (exact) mass is 142 g/mol. The van der Waals surface area contributed by atoms with Gasteiger partial charge in [-0.25, -0.2) is 0 Å². The summed E-state index contributed by atoms with van der Waals surface area (Å²) in [6.07, 6.45) is 6.66. The highest BCUT2D eigenvalue weighted by atomic mass is 16.5. The summed E-state index contributed by atoms with van der Waals surface area (Å²) in [5.74, 6) is 7.74. The quantitative estimate of drug-likeness (QED) is 0.319. The average Bonchev–Trinajstić information content (AvgIpc) is 1.98. The normalized spacial score (nSPS) is 12.5. The largest absolute Gasteiger partial charge is 0.383 e. The van der Waals surface area contributed by atoms with E-state index in [-0.39, 0.29) is 6.04 Å². The Hall–Kier alpha value is -0.560. The molecule has 0 rings (SSSR count). The molecule has 0 aromatic heterocycles. The number of ether oxygens (including phenoxy) is 1. The number of nitrogens with one attached hydrogen (secondary N) is 1. The lowest BCUT2D eigenvalue weighted by atomic mass is 10.2. The van der Waals surface area contributed by atoms with Gasteiger partial charge in [-0.05, 0) is 6.42 Å². The molecule has 0 radical (unpaired) electrons. The van der Waals surface area contributed by atoms with Gasteiger partial charge < -0.3 is 4.74 Å².